The Morgan fingerprint density at radius 2 is 1.83 bits per heavy atom. The molecule has 0 amide bonds. The smallest absolute Gasteiger partial charge is 0.437 e. The van der Waals surface area contributed by atoms with E-state index in [2.05, 4.69) is 15.0 Å². The Bertz CT molecular complexity index is 1200. The third-order valence-electron chi connectivity index (χ3n) is 4.87. The number of benzene rings is 2. The van der Waals surface area contributed by atoms with Crippen molar-refractivity contribution in [1.29, 1.82) is 0 Å². The van der Waals surface area contributed by atoms with Crippen LogP contribution < -0.4 is 14.3 Å². The lowest BCUT2D eigenvalue weighted by molar-refractivity contribution is -0.0608. The highest BCUT2D eigenvalue weighted by Gasteiger charge is 2.38. The van der Waals surface area contributed by atoms with Crippen molar-refractivity contribution in [2.45, 2.75) is 32.4 Å². The van der Waals surface area contributed by atoms with Crippen LogP contribution in [0.2, 0.25) is 0 Å². The molecule has 0 spiro atoms. The number of aromatic nitrogens is 1. The van der Waals surface area contributed by atoms with Gasteiger partial charge in [-0.1, -0.05) is 29.8 Å². The predicted octanol–water partition coefficient (Wildman–Crippen LogP) is 5.52. The molecule has 0 atom stereocenters. The molecule has 2 aromatic carbocycles. The average Bonchev–Trinajstić information content (AvgIpc) is 3.15. The molecule has 0 radical (unpaired) electrons. The zero-order valence-corrected chi connectivity index (χ0v) is 20.0. The molecule has 0 unspecified atom stereocenters. The van der Waals surface area contributed by atoms with Crippen molar-refractivity contribution in [3.63, 3.8) is 0 Å². The summed E-state index contributed by atoms with van der Waals surface area (Å²) in [5.41, 5.74) is 0.175. The van der Waals surface area contributed by atoms with Gasteiger partial charge in [0.2, 0.25) is 5.88 Å². The van der Waals surface area contributed by atoms with E-state index in [-0.39, 0.29) is 16.3 Å². The Kier molecular flexibility index (Phi) is 8.80. The predicted molar refractivity (Wildman–Crippen MR) is 128 cm³/mol. The molecule has 0 bridgehead atoms. The maximum atomic E-state index is 13.3. The number of hydrogen-bond acceptors (Lipinski definition) is 7. The van der Waals surface area contributed by atoms with Crippen LogP contribution >= 0.6 is 11.3 Å². The molecule has 1 heterocycles. The number of alkyl halides is 3. The van der Waals surface area contributed by atoms with Crippen LogP contribution in [-0.2, 0) is 11.3 Å². The van der Waals surface area contributed by atoms with Gasteiger partial charge in [0.25, 0.3) is 0 Å². The molecule has 1 aromatic heterocycles. The lowest BCUT2D eigenvalue weighted by atomic mass is 10.0. The van der Waals surface area contributed by atoms with Gasteiger partial charge in [-0.25, -0.2) is 0 Å². The van der Waals surface area contributed by atoms with E-state index in [9.17, 15) is 23.1 Å². The van der Waals surface area contributed by atoms with Gasteiger partial charge < -0.3 is 19.4 Å². The first-order valence-electron chi connectivity index (χ1n) is 10.8. The van der Waals surface area contributed by atoms with Gasteiger partial charge in [-0.05, 0) is 60.0 Å². The molecule has 0 saturated carbocycles. The van der Waals surface area contributed by atoms with Crippen molar-refractivity contribution in [1.82, 2.24) is 4.98 Å². The quantitative estimate of drug-likeness (QED) is 0.201. The van der Waals surface area contributed by atoms with E-state index in [4.69, 9.17) is 9.47 Å². The third-order valence-corrected chi connectivity index (χ3v) is 5.79. The molecule has 3 aromatic rings. The molecular weight excluding hydrogens is 485 g/mol. The van der Waals surface area contributed by atoms with Crippen molar-refractivity contribution < 1.29 is 32.6 Å². The van der Waals surface area contributed by atoms with Crippen LogP contribution in [0.25, 0.3) is 10.4 Å². The van der Waals surface area contributed by atoms with E-state index < -0.39 is 11.9 Å². The Labute approximate surface area is 203 Å². The number of aromatic amines is 1. The summed E-state index contributed by atoms with van der Waals surface area (Å²) < 4.78 is 51.4. The normalized spacial score (nSPS) is 12.0. The standard InChI is InChI=1S/C24H25F3N2O5S/c1-3-5-16-14-17(21(29-32-2)24(25,26)27)8-11-19(16)34-13-4-12-33-18-9-6-15(7-10-18)20-22(30)28-23(31)35-20/h6-11,14,30H,3-5,12-13H2,1-2H3,(H,28,31). The van der Waals surface area contributed by atoms with Gasteiger partial charge in [0.1, 0.15) is 18.6 Å². The van der Waals surface area contributed by atoms with Gasteiger partial charge in [-0.3, -0.25) is 9.78 Å². The first-order chi connectivity index (χ1) is 16.7. The number of aromatic hydroxyl groups is 1. The summed E-state index contributed by atoms with van der Waals surface area (Å²) in [5.74, 6) is 0.968. The van der Waals surface area contributed by atoms with Crippen LogP contribution in [0.5, 0.6) is 17.4 Å². The Morgan fingerprint density at radius 1 is 1.11 bits per heavy atom. The van der Waals surface area contributed by atoms with E-state index in [1.807, 2.05) is 6.92 Å². The lowest BCUT2D eigenvalue weighted by Crippen LogP contribution is -2.24. The first kappa shape index (κ1) is 26.1. The second-order valence-electron chi connectivity index (χ2n) is 7.46. The van der Waals surface area contributed by atoms with Crippen molar-refractivity contribution in [3.05, 3.63) is 63.3 Å². The summed E-state index contributed by atoms with van der Waals surface area (Å²) in [5, 5.41) is 12.9. The number of ether oxygens (including phenoxy) is 2. The van der Waals surface area contributed by atoms with Crippen molar-refractivity contribution >= 4 is 17.0 Å². The number of halogens is 3. The number of thiazole rings is 1. The fourth-order valence-corrected chi connectivity index (χ4v) is 4.08. The van der Waals surface area contributed by atoms with Gasteiger partial charge >= 0.3 is 11.0 Å². The molecule has 2 N–H and O–H groups in total. The van der Waals surface area contributed by atoms with Gasteiger partial charge in [0.15, 0.2) is 5.71 Å². The van der Waals surface area contributed by atoms with Crippen LogP contribution in [0.1, 0.15) is 30.9 Å². The Morgan fingerprint density at radius 3 is 2.43 bits per heavy atom. The zero-order chi connectivity index (χ0) is 25.4. The minimum absolute atomic E-state index is 0.0813. The largest absolute Gasteiger partial charge is 0.493 e. The van der Waals surface area contributed by atoms with Crippen molar-refractivity contribution in [2.24, 2.45) is 5.16 Å². The molecule has 11 heteroatoms. The van der Waals surface area contributed by atoms with Crippen LogP contribution in [-0.4, -0.2) is 42.3 Å². The second kappa shape index (κ2) is 11.8. The molecule has 0 saturated heterocycles. The summed E-state index contributed by atoms with van der Waals surface area (Å²) in [4.78, 5) is 18.2. The zero-order valence-electron chi connectivity index (χ0n) is 19.1. The van der Waals surface area contributed by atoms with Gasteiger partial charge in [0.05, 0.1) is 18.1 Å². The third kappa shape index (κ3) is 7.01. The molecular formula is C24H25F3N2O5S. The summed E-state index contributed by atoms with van der Waals surface area (Å²) in [6.07, 6.45) is -2.80. The first-order valence-corrected chi connectivity index (χ1v) is 11.6. The van der Waals surface area contributed by atoms with Crippen LogP contribution in [0.4, 0.5) is 13.2 Å². The number of H-pyrrole nitrogens is 1. The molecule has 0 aliphatic carbocycles. The van der Waals surface area contributed by atoms with E-state index in [0.717, 1.165) is 24.9 Å². The number of rotatable bonds is 11. The van der Waals surface area contributed by atoms with E-state index in [1.54, 1.807) is 24.3 Å². The molecule has 188 valence electrons. The molecule has 35 heavy (non-hydrogen) atoms. The SMILES string of the molecule is CCCc1cc(C(=NOC)C(F)(F)F)ccc1OCCCOc1ccc(-c2sc(=O)[nH]c2O)cc1. The summed E-state index contributed by atoms with van der Waals surface area (Å²) in [7, 11) is 1.07. The minimum atomic E-state index is -4.64. The lowest BCUT2D eigenvalue weighted by Gasteiger charge is -2.15. The highest BCUT2D eigenvalue weighted by molar-refractivity contribution is 7.13. The molecule has 0 aliphatic rings. The Balaban J connectivity index is 1.55. The average molecular weight is 511 g/mol. The maximum absolute atomic E-state index is 13.3. The van der Waals surface area contributed by atoms with Crippen molar-refractivity contribution in [3.8, 4) is 27.8 Å². The summed E-state index contributed by atoms with van der Waals surface area (Å²) >= 11 is 0.919. The molecule has 0 aliphatic heterocycles. The topological polar surface area (TPSA) is 93.1 Å². The van der Waals surface area contributed by atoms with Crippen LogP contribution in [0.15, 0.2) is 52.4 Å². The van der Waals surface area contributed by atoms with Crippen molar-refractivity contribution in [2.75, 3.05) is 20.3 Å². The summed E-state index contributed by atoms with van der Waals surface area (Å²) in [6, 6.07) is 11.2. The molecule has 7 nitrogen and oxygen atoms in total. The fraction of sp³-hybridized carbons (Fsp3) is 0.333. The van der Waals surface area contributed by atoms with Gasteiger partial charge in [-0.15, -0.1) is 0 Å². The highest BCUT2D eigenvalue weighted by atomic mass is 32.1. The van der Waals surface area contributed by atoms with Gasteiger partial charge in [0, 0.05) is 12.0 Å². The van der Waals surface area contributed by atoms with Crippen LogP contribution in [0, 0.1) is 0 Å². The minimum Gasteiger partial charge on any atom is -0.493 e. The van der Waals surface area contributed by atoms with E-state index in [0.29, 0.717) is 53.6 Å². The number of hydrogen-bond donors (Lipinski definition) is 2. The van der Waals surface area contributed by atoms with Gasteiger partial charge in [-0.2, -0.15) is 13.2 Å². The Hall–Kier alpha value is -3.47. The highest BCUT2D eigenvalue weighted by Crippen LogP contribution is 2.31. The van der Waals surface area contributed by atoms with E-state index in [1.165, 1.54) is 18.2 Å². The van der Waals surface area contributed by atoms with Crippen LogP contribution in [0.3, 0.4) is 0 Å². The second-order valence-corrected chi connectivity index (χ2v) is 8.44. The van der Waals surface area contributed by atoms with E-state index >= 15 is 0 Å². The molecule has 0 fully saturated rings. The fourth-order valence-electron chi connectivity index (χ4n) is 3.34. The number of oxime groups is 1. The molecule has 3 rings (SSSR count). The monoisotopic (exact) mass is 510 g/mol. The number of nitrogens with zero attached hydrogens (tertiary/aromatic N) is 1. The maximum Gasteiger partial charge on any atom is 0.437 e. The number of nitrogens with one attached hydrogen (secondary N) is 1. The summed E-state index contributed by atoms with van der Waals surface area (Å²) in [6.45, 7) is 2.61. The number of aryl methyl sites for hydroxylation is 1.